The number of anilines is 1. The van der Waals surface area contributed by atoms with Gasteiger partial charge in [-0.2, -0.15) is 0 Å². The number of ether oxygens (including phenoxy) is 1. The summed E-state index contributed by atoms with van der Waals surface area (Å²) >= 11 is 0. The third-order valence-electron chi connectivity index (χ3n) is 6.35. The summed E-state index contributed by atoms with van der Waals surface area (Å²) in [4.78, 5) is 16.9. The van der Waals surface area contributed by atoms with Crippen molar-refractivity contribution in [3.05, 3.63) is 18.0 Å². The molecule has 3 fully saturated rings. The van der Waals surface area contributed by atoms with E-state index in [0.29, 0.717) is 6.04 Å². The molecule has 4 rings (SSSR count). The van der Waals surface area contributed by atoms with Crippen molar-refractivity contribution >= 4 is 5.95 Å². The topological polar surface area (TPSA) is 44.7 Å². The summed E-state index contributed by atoms with van der Waals surface area (Å²) in [6.45, 7) is 9.61. The maximum atomic E-state index is 5.48. The molecule has 150 valence electrons. The Morgan fingerprint density at radius 2 is 1.63 bits per heavy atom. The predicted octanol–water partition coefficient (Wildman–Crippen LogP) is 2.54. The van der Waals surface area contributed by atoms with Crippen LogP contribution in [0, 0.1) is 0 Å². The van der Waals surface area contributed by atoms with E-state index in [-0.39, 0.29) is 0 Å². The van der Waals surface area contributed by atoms with Crippen LogP contribution >= 0.6 is 0 Å². The number of morpholine rings is 1. The third-order valence-corrected chi connectivity index (χ3v) is 6.35. The zero-order valence-electron chi connectivity index (χ0n) is 16.7. The Balaban J connectivity index is 1.30. The highest BCUT2D eigenvalue weighted by atomic mass is 16.5. The van der Waals surface area contributed by atoms with Gasteiger partial charge in [-0.25, -0.2) is 9.97 Å². The van der Waals surface area contributed by atoms with Crippen LogP contribution in [0.1, 0.15) is 50.5 Å². The molecule has 0 radical (unpaired) electrons. The molecule has 0 aliphatic carbocycles. The van der Waals surface area contributed by atoms with E-state index in [0.717, 1.165) is 51.9 Å². The van der Waals surface area contributed by atoms with E-state index < -0.39 is 0 Å². The lowest BCUT2D eigenvalue weighted by Gasteiger charge is -2.37. The van der Waals surface area contributed by atoms with Gasteiger partial charge in [0.05, 0.1) is 13.2 Å². The van der Waals surface area contributed by atoms with Crippen molar-refractivity contribution in [1.29, 1.82) is 0 Å². The zero-order valence-corrected chi connectivity index (χ0v) is 16.7. The molecule has 3 saturated heterocycles. The molecular weight excluding hydrogens is 338 g/mol. The van der Waals surface area contributed by atoms with Gasteiger partial charge in [-0.05, 0) is 51.6 Å². The highest BCUT2D eigenvalue weighted by Crippen LogP contribution is 2.23. The maximum absolute atomic E-state index is 5.48. The van der Waals surface area contributed by atoms with Crippen molar-refractivity contribution < 1.29 is 4.74 Å². The number of hydrogen-bond acceptors (Lipinski definition) is 6. The van der Waals surface area contributed by atoms with E-state index >= 15 is 0 Å². The van der Waals surface area contributed by atoms with E-state index in [1.54, 1.807) is 0 Å². The summed E-state index contributed by atoms with van der Waals surface area (Å²) in [7, 11) is 0. The highest BCUT2D eigenvalue weighted by Gasteiger charge is 2.24. The normalized spacial score (nSPS) is 25.6. The number of hydrogen-bond donors (Lipinski definition) is 0. The molecule has 3 aliphatic rings. The minimum absolute atomic E-state index is 0.698. The van der Waals surface area contributed by atoms with Gasteiger partial charge in [-0.1, -0.05) is 6.42 Å². The lowest BCUT2D eigenvalue weighted by atomic mass is 9.98. The second-order valence-electron chi connectivity index (χ2n) is 8.30. The van der Waals surface area contributed by atoms with Crippen LogP contribution in [0.15, 0.2) is 12.4 Å². The molecule has 0 aromatic carbocycles. The summed E-state index contributed by atoms with van der Waals surface area (Å²) in [5.41, 5.74) is 1.26. The smallest absolute Gasteiger partial charge is 0.225 e. The summed E-state index contributed by atoms with van der Waals surface area (Å²) in [5, 5.41) is 0. The Morgan fingerprint density at radius 1 is 0.889 bits per heavy atom. The van der Waals surface area contributed by atoms with Crippen LogP contribution in [0.4, 0.5) is 5.95 Å². The monoisotopic (exact) mass is 373 g/mol. The first-order valence-corrected chi connectivity index (χ1v) is 11.0. The molecule has 27 heavy (non-hydrogen) atoms. The van der Waals surface area contributed by atoms with Crippen molar-refractivity contribution in [2.24, 2.45) is 0 Å². The average Bonchev–Trinajstić information content (AvgIpc) is 2.75. The fraction of sp³-hybridized carbons (Fsp3) is 0.810. The SMILES string of the molecule is c1nc(N2CCCCC2)ncc1CN1CCCCC1CCN1CCOCC1. The third kappa shape index (κ3) is 5.39. The van der Waals surface area contributed by atoms with Crippen LogP contribution in [0.2, 0.25) is 0 Å². The zero-order chi connectivity index (χ0) is 18.3. The standard InChI is InChI=1S/C21H35N5O/c1-3-8-25(9-4-1)21-22-16-19(17-23-21)18-26-10-5-2-6-20(26)7-11-24-12-14-27-15-13-24/h16-17,20H,1-15,18H2. The molecular formula is C21H35N5O. The molecule has 1 aromatic heterocycles. The number of likely N-dealkylation sites (tertiary alicyclic amines) is 1. The minimum Gasteiger partial charge on any atom is -0.379 e. The van der Waals surface area contributed by atoms with Gasteiger partial charge in [0.25, 0.3) is 0 Å². The second kappa shape index (κ2) is 9.80. The van der Waals surface area contributed by atoms with Crippen molar-refractivity contribution in [3.63, 3.8) is 0 Å². The van der Waals surface area contributed by atoms with Crippen LogP contribution in [-0.4, -0.2) is 78.3 Å². The first-order valence-electron chi connectivity index (χ1n) is 11.0. The largest absolute Gasteiger partial charge is 0.379 e. The first-order chi connectivity index (χ1) is 13.4. The minimum atomic E-state index is 0.698. The Bertz CT molecular complexity index is 554. The molecule has 3 aliphatic heterocycles. The molecule has 0 N–H and O–H groups in total. The van der Waals surface area contributed by atoms with Crippen molar-refractivity contribution in [2.75, 3.05) is 57.4 Å². The maximum Gasteiger partial charge on any atom is 0.225 e. The van der Waals surface area contributed by atoms with Crippen molar-refractivity contribution in [1.82, 2.24) is 19.8 Å². The molecule has 6 heteroatoms. The van der Waals surface area contributed by atoms with Crippen LogP contribution < -0.4 is 4.90 Å². The Hall–Kier alpha value is -1.24. The second-order valence-corrected chi connectivity index (χ2v) is 8.30. The Morgan fingerprint density at radius 3 is 2.41 bits per heavy atom. The van der Waals surface area contributed by atoms with E-state index in [1.165, 1.54) is 63.6 Å². The molecule has 1 atom stereocenters. The van der Waals surface area contributed by atoms with Gasteiger partial charge in [0.2, 0.25) is 5.95 Å². The Kier molecular flexibility index (Phi) is 6.93. The van der Waals surface area contributed by atoms with Gasteiger partial charge in [0, 0.05) is 56.7 Å². The Labute approximate surface area is 163 Å². The summed E-state index contributed by atoms with van der Waals surface area (Å²) in [5.74, 6) is 0.918. The van der Waals surface area contributed by atoms with Crippen LogP contribution in [0.3, 0.4) is 0 Å². The summed E-state index contributed by atoms with van der Waals surface area (Å²) < 4.78 is 5.48. The molecule has 1 unspecified atom stereocenters. The van der Waals surface area contributed by atoms with E-state index in [2.05, 4.69) is 37.1 Å². The predicted molar refractivity (Wildman–Crippen MR) is 108 cm³/mol. The molecule has 6 nitrogen and oxygen atoms in total. The lowest BCUT2D eigenvalue weighted by molar-refractivity contribution is 0.0302. The van der Waals surface area contributed by atoms with Gasteiger partial charge >= 0.3 is 0 Å². The summed E-state index contributed by atoms with van der Waals surface area (Å²) in [6.07, 6.45) is 13.3. The van der Waals surface area contributed by atoms with Gasteiger partial charge in [0.15, 0.2) is 0 Å². The summed E-state index contributed by atoms with van der Waals surface area (Å²) in [6, 6.07) is 0.698. The van der Waals surface area contributed by atoms with Crippen LogP contribution in [0.5, 0.6) is 0 Å². The van der Waals surface area contributed by atoms with E-state index in [9.17, 15) is 0 Å². The van der Waals surface area contributed by atoms with Crippen LogP contribution in [-0.2, 0) is 11.3 Å². The number of piperidine rings is 2. The molecule has 0 saturated carbocycles. The number of nitrogens with zero attached hydrogens (tertiary/aromatic N) is 5. The van der Waals surface area contributed by atoms with E-state index in [1.807, 2.05) is 0 Å². The lowest BCUT2D eigenvalue weighted by Crippen LogP contribution is -2.43. The van der Waals surface area contributed by atoms with Gasteiger partial charge < -0.3 is 9.64 Å². The number of aromatic nitrogens is 2. The van der Waals surface area contributed by atoms with Gasteiger partial charge in [-0.15, -0.1) is 0 Å². The van der Waals surface area contributed by atoms with Gasteiger partial charge in [0.1, 0.15) is 0 Å². The average molecular weight is 374 g/mol. The molecule has 0 amide bonds. The van der Waals surface area contributed by atoms with Gasteiger partial charge in [-0.3, -0.25) is 9.80 Å². The quantitative estimate of drug-likeness (QED) is 0.764. The molecule has 0 bridgehead atoms. The molecule has 4 heterocycles. The number of rotatable bonds is 6. The molecule has 0 spiro atoms. The fourth-order valence-corrected chi connectivity index (χ4v) is 4.67. The van der Waals surface area contributed by atoms with Crippen molar-refractivity contribution in [3.8, 4) is 0 Å². The fourth-order valence-electron chi connectivity index (χ4n) is 4.67. The van der Waals surface area contributed by atoms with E-state index in [4.69, 9.17) is 4.74 Å². The van der Waals surface area contributed by atoms with Crippen LogP contribution in [0.25, 0.3) is 0 Å². The first kappa shape index (κ1) is 19.1. The van der Waals surface area contributed by atoms with Crippen molar-refractivity contribution in [2.45, 2.75) is 57.5 Å². The highest BCUT2D eigenvalue weighted by molar-refractivity contribution is 5.30. The molecule has 1 aromatic rings.